The van der Waals surface area contributed by atoms with E-state index in [4.69, 9.17) is 19.9 Å². The molecule has 0 aliphatic heterocycles. The van der Waals surface area contributed by atoms with Crippen molar-refractivity contribution in [2.45, 2.75) is 0 Å². The lowest BCUT2D eigenvalue weighted by atomic mass is 10.1. The van der Waals surface area contributed by atoms with Gasteiger partial charge in [-0.3, -0.25) is 4.57 Å². The van der Waals surface area contributed by atoms with E-state index in [2.05, 4.69) is 42.7 Å². The largest absolute Gasteiger partial charge is 0.277 e. The van der Waals surface area contributed by atoms with Gasteiger partial charge in [-0.1, -0.05) is 30.3 Å². The Hall–Kier alpha value is -5.70. The summed E-state index contributed by atoms with van der Waals surface area (Å²) in [5, 5.41) is 3.95. The van der Waals surface area contributed by atoms with Crippen LogP contribution in [0.3, 0.4) is 0 Å². The molecule has 0 atom stereocenters. The van der Waals surface area contributed by atoms with Gasteiger partial charge in [-0.2, -0.15) is 0 Å². The Bertz CT molecular complexity index is 2120. The number of hydrogen-bond donors (Lipinski definition) is 0. The molecule has 0 aliphatic rings. The van der Waals surface area contributed by atoms with Crippen LogP contribution in [0.2, 0.25) is 0 Å². The molecule has 0 saturated heterocycles. The molecule has 0 aliphatic carbocycles. The van der Waals surface area contributed by atoms with E-state index in [1.165, 1.54) is 12.7 Å². The molecule has 0 spiro atoms. The van der Waals surface area contributed by atoms with Crippen LogP contribution in [0.1, 0.15) is 0 Å². The molecule has 0 N–H and O–H groups in total. The molecule has 6 heterocycles. The van der Waals surface area contributed by atoms with Gasteiger partial charge in [0.2, 0.25) is 0 Å². The van der Waals surface area contributed by atoms with E-state index in [1.54, 1.807) is 24.7 Å². The van der Waals surface area contributed by atoms with Crippen molar-refractivity contribution >= 4 is 43.7 Å². The van der Waals surface area contributed by atoms with E-state index >= 15 is 0 Å². The number of aromatic nitrogens is 9. The van der Waals surface area contributed by atoms with Crippen molar-refractivity contribution in [2.75, 3.05) is 0 Å². The number of para-hydroxylation sites is 1. The Morgan fingerprint density at radius 3 is 2.15 bits per heavy atom. The highest BCUT2D eigenvalue weighted by Crippen LogP contribution is 2.35. The van der Waals surface area contributed by atoms with Gasteiger partial charge in [0.15, 0.2) is 11.6 Å². The van der Waals surface area contributed by atoms with Gasteiger partial charge in [-0.05, 0) is 42.5 Å². The Balaban J connectivity index is 1.52. The van der Waals surface area contributed by atoms with Gasteiger partial charge in [-0.15, -0.1) is 0 Å². The number of benzene rings is 2. The van der Waals surface area contributed by atoms with Gasteiger partial charge in [0.25, 0.3) is 0 Å². The van der Waals surface area contributed by atoms with Crippen LogP contribution in [0.5, 0.6) is 0 Å². The molecule has 8 aromatic rings. The fourth-order valence-corrected chi connectivity index (χ4v) is 5.06. The minimum Gasteiger partial charge on any atom is -0.277 e. The third kappa shape index (κ3) is 3.33. The first-order chi connectivity index (χ1) is 19.3. The standard InChI is InChI=1S/C30H17N9/c1-2-6-25-19(4-1)20-5-3-13-33-29(20)39(25)30-21-9-7-18-8-10-23(22-11-14-31-16-34-22)36-26(18)27(21)37-28(38-30)24-12-15-32-17-35-24/h1-17H. The molecule has 9 heteroatoms. The van der Waals surface area contributed by atoms with E-state index in [-0.39, 0.29) is 0 Å². The lowest BCUT2D eigenvalue weighted by molar-refractivity contribution is 1.04. The molecule has 0 fully saturated rings. The summed E-state index contributed by atoms with van der Waals surface area (Å²) >= 11 is 0. The topological polar surface area (TPSA) is 108 Å². The molecule has 182 valence electrons. The molecule has 0 bridgehead atoms. The molecule has 0 radical (unpaired) electrons. The molecule has 8 rings (SSSR count). The third-order valence-electron chi connectivity index (χ3n) is 6.81. The molecule has 0 amide bonds. The van der Waals surface area contributed by atoms with Gasteiger partial charge < -0.3 is 0 Å². The summed E-state index contributed by atoms with van der Waals surface area (Å²) in [5.74, 6) is 1.18. The van der Waals surface area contributed by atoms with Crippen molar-refractivity contribution in [3.05, 3.63) is 104 Å². The summed E-state index contributed by atoms with van der Waals surface area (Å²) < 4.78 is 2.10. The van der Waals surface area contributed by atoms with Gasteiger partial charge in [0.1, 0.15) is 29.5 Å². The van der Waals surface area contributed by atoms with Crippen molar-refractivity contribution in [1.82, 2.24) is 44.4 Å². The SMILES string of the molecule is c1ccc2c(c1)c1cccnc1n2-c1nc(-c2ccncn2)nc2c1ccc1ccc(-c3ccncn3)nc12. The molecule has 6 aromatic heterocycles. The molecule has 39 heavy (non-hydrogen) atoms. The van der Waals surface area contributed by atoms with Crippen LogP contribution in [0.25, 0.3) is 72.5 Å². The Kier molecular flexibility index (Phi) is 4.62. The summed E-state index contributed by atoms with van der Waals surface area (Å²) in [6.07, 6.45) is 8.22. The maximum atomic E-state index is 5.07. The van der Waals surface area contributed by atoms with E-state index in [0.29, 0.717) is 22.9 Å². The van der Waals surface area contributed by atoms with Crippen LogP contribution in [0.4, 0.5) is 0 Å². The Labute approximate surface area is 221 Å². The van der Waals surface area contributed by atoms with Crippen molar-refractivity contribution < 1.29 is 0 Å². The monoisotopic (exact) mass is 503 g/mol. The highest BCUT2D eigenvalue weighted by atomic mass is 15.1. The summed E-state index contributed by atoms with van der Waals surface area (Å²) in [4.78, 5) is 36.8. The number of fused-ring (bicyclic) bond motifs is 6. The highest BCUT2D eigenvalue weighted by molar-refractivity contribution is 6.11. The van der Waals surface area contributed by atoms with E-state index in [0.717, 1.165) is 49.6 Å². The minimum absolute atomic E-state index is 0.475. The van der Waals surface area contributed by atoms with Crippen LogP contribution in [-0.4, -0.2) is 44.4 Å². The van der Waals surface area contributed by atoms with Crippen molar-refractivity contribution in [1.29, 1.82) is 0 Å². The van der Waals surface area contributed by atoms with Gasteiger partial charge in [-0.25, -0.2) is 39.9 Å². The van der Waals surface area contributed by atoms with Crippen LogP contribution in [0.15, 0.2) is 104 Å². The first-order valence-corrected chi connectivity index (χ1v) is 12.3. The smallest absolute Gasteiger partial charge is 0.181 e. The summed E-state index contributed by atoms with van der Waals surface area (Å²) in [7, 11) is 0. The predicted octanol–water partition coefficient (Wildman–Crippen LogP) is 5.58. The van der Waals surface area contributed by atoms with Gasteiger partial charge in [0, 0.05) is 40.1 Å². The van der Waals surface area contributed by atoms with E-state index in [9.17, 15) is 0 Å². The lowest BCUT2D eigenvalue weighted by Crippen LogP contribution is -2.04. The van der Waals surface area contributed by atoms with Gasteiger partial charge >= 0.3 is 0 Å². The summed E-state index contributed by atoms with van der Waals surface area (Å²) in [5.41, 5.74) is 5.37. The van der Waals surface area contributed by atoms with Crippen LogP contribution in [0, 0.1) is 0 Å². The van der Waals surface area contributed by atoms with Crippen molar-refractivity contribution in [3.8, 4) is 28.7 Å². The van der Waals surface area contributed by atoms with Crippen LogP contribution in [-0.2, 0) is 0 Å². The third-order valence-corrected chi connectivity index (χ3v) is 6.81. The molecule has 2 aromatic carbocycles. The average Bonchev–Trinajstić information content (AvgIpc) is 3.35. The first kappa shape index (κ1) is 21.4. The highest BCUT2D eigenvalue weighted by Gasteiger charge is 2.20. The number of hydrogen-bond acceptors (Lipinski definition) is 8. The van der Waals surface area contributed by atoms with Crippen LogP contribution < -0.4 is 0 Å². The fraction of sp³-hybridized carbons (Fsp3) is 0. The normalized spacial score (nSPS) is 11.6. The average molecular weight is 504 g/mol. The number of pyridine rings is 2. The zero-order chi connectivity index (χ0) is 25.8. The Morgan fingerprint density at radius 2 is 1.31 bits per heavy atom. The molecule has 9 nitrogen and oxygen atoms in total. The quantitative estimate of drug-likeness (QED) is 0.287. The summed E-state index contributed by atoms with van der Waals surface area (Å²) in [6.45, 7) is 0. The first-order valence-electron chi connectivity index (χ1n) is 12.3. The lowest BCUT2D eigenvalue weighted by Gasteiger charge is -2.13. The maximum Gasteiger partial charge on any atom is 0.181 e. The zero-order valence-electron chi connectivity index (χ0n) is 20.3. The second kappa shape index (κ2) is 8.42. The van der Waals surface area contributed by atoms with E-state index in [1.807, 2.05) is 48.5 Å². The molecular weight excluding hydrogens is 486 g/mol. The predicted molar refractivity (Wildman–Crippen MR) is 149 cm³/mol. The molecular formula is C30H17N9. The van der Waals surface area contributed by atoms with Crippen LogP contribution >= 0.6 is 0 Å². The second-order valence-corrected chi connectivity index (χ2v) is 9.02. The molecule has 0 unspecified atom stereocenters. The second-order valence-electron chi connectivity index (χ2n) is 9.02. The summed E-state index contributed by atoms with van der Waals surface area (Å²) in [6, 6.07) is 24.0. The Morgan fingerprint density at radius 1 is 0.513 bits per heavy atom. The zero-order valence-corrected chi connectivity index (χ0v) is 20.3. The van der Waals surface area contributed by atoms with E-state index < -0.39 is 0 Å². The fourth-order valence-electron chi connectivity index (χ4n) is 5.06. The molecule has 0 saturated carbocycles. The number of nitrogens with zero attached hydrogens (tertiary/aromatic N) is 9. The van der Waals surface area contributed by atoms with Crippen molar-refractivity contribution in [3.63, 3.8) is 0 Å². The van der Waals surface area contributed by atoms with Crippen molar-refractivity contribution in [2.24, 2.45) is 0 Å². The number of rotatable bonds is 3. The maximum absolute atomic E-state index is 5.07. The van der Waals surface area contributed by atoms with Gasteiger partial charge in [0.05, 0.1) is 22.4 Å². The minimum atomic E-state index is 0.475.